The maximum Gasteiger partial charge on any atom is 0.347 e. The second-order valence-electron chi connectivity index (χ2n) is 5.98. The zero-order valence-electron chi connectivity index (χ0n) is 13.7. The van der Waals surface area contributed by atoms with Gasteiger partial charge in [0, 0.05) is 16.5 Å². The van der Waals surface area contributed by atoms with Crippen LogP contribution in [0.4, 0.5) is 0 Å². The van der Waals surface area contributed by atoms with Gasteiger partial charge in [0.25, 0.3) is 0 Å². The van der Waals surface area contributed by atoms with Gasteiger partial charge in [-0.2, -0.15) is 0 Å². The fourth-order valence-electron chi connectivity index (χ4n) is 2.16. The number of hydrogen-bond acceptors (Lipinski definition) is 4. The number of carbonyl (C=O) groups is 1. The number of fused-ring (bicyclic) bond motifs is 1. The molecule has 0 spiro atoms. The molecule has 25 heavy (non-hydrogen) atoms. The first-order valence-electron chi connectivity index (χ1n) is 7.60. The quantitative estimate of drug-likeness (QED) is 0.701. The van der Waals surface area contributed by atoms with Crippen LogP contribution in [0.1, 0.15) is 13.8 Å². The van der Waals surface area contributed by atoms with Gasteiger partial charge in [-0.1, -0.05) is 17.7 Å². The van der Waals surface area contributed by atoms with Crippen LogP contribution < -0.4 is 9.47 Å². The van der Waals surface area contributed by atoms with Gasteiger partial charge in [-0.05, 0) is 56.3 Å². The number of aromatic nitrogens is 1. The van der Waals surface area contributed by atoms with Crippen molar-refractivity contribution in [2.24, 2.45) is 0 Å². The van der Waals surface area contributed by atoms with Crippen LogP contribution in [-0.4, -0.2) is 21.7 Å². The molecule has 1 aromatic heterocycles. The summed E-state index contributed by atoms with van der Waals surface area (Å²) in [7, 11) is 0. The fourth-order valence-corrected chi connectivity index (χ4v) is 2.33. The lowest BCUT2D eigenvalue weighted by molar-refractivity contribution is -0.152. The van der Waals surface area contributed by atoms with E-state index in [4.69, 9.17) is 26.2 Å². The van der Waals surface area contributed by atoms with E-state index in [0.29, 0.717) is 22.4 Å². The Balaban J connectivity index is 1.76. The minimum atomic E-state index is -1.30. The molecular formula is C19H16ClNO4. The summed E-state index contributed by atoms with van der Waals surface area (Å²) in [6, 6.07) is 15.8. The summed E-state index contributed by atoms with van der Waals surface area (Å²) in [4.78, 5) is 15.5. The number of carboxylic acid groups (broad SMARTS) is 1. The lowest BCUT2D eigenvalue weighted by Crippen LogP contribution is -2.37. The zero-order valence-corrected chi connectivity index (χ0v) is 14.4. The largest absolute Gasteiger partial charge is 0.478 e. The van der Waals surface area contributed by atoms with Crippen LogP contribution in [0.5, 0.6) is 17.4 Å². The van der Waals surface area contributed by atoms with Gasteiger partial charge in [0.15, 0.2) is 5.60 Å². The van der Waals surface area contributed by atoms with Gasteiger partial charge in [0.05, 0.1) is 5.52 Å². The molecule has 3 aromatic rings. The first kappa shape index (κ1) is 17.0. The molecule has 0 aliphatic rings. The molecule has 0 atom stereocenters. The van der Waals surface area contributed by atoms with Crippen LogP contribution in [0, 0.1) is 0 Å². The van der Waals surface area contributed by atoms with Crippen molar-refractivity contribution in [1.82, 2.24) is 4.98 Å². The highest BCUT2D eigenvalue weighted by Crippen LogP contribution is 2.27. The average Bonchev–Trinajstić information content (AvgIpc) is 2.56. The summed E-state index contributed by atoms with van der Waals surface area (Å²) >= 11 is 5.99. The van der Waals surface area contributed by atoms with Gasteiger partial charge in [-0.15, -0.1) is 0 Å². The van der Waals surface area contributed by atoms with Gasteiger partial charge in [-0.25, -0.2) is 9.78 Å². The molecule has 0 aliphatic heterocycles. The number of pyridine rings is 1. The standard InChI is InChI=1S/C19H16ClNO4/c1-19(2,18(22)23)25-15-8-6-14(7-9-15)24-17-10-4-12-3-5-13(20)11-16(12)21-17/h3-11H,1-2H3,(H,22,23). The number of hydrogen-bond donors (Lipinski definition) is 1. The Kier molecular flexibility index (Phi) is 4.51. The highest BCUT2D eigenvalue weighted by atomic mass is 35.5. The Morgan fingerprint density at radius 3 is 2.36 bits per heavy atom. The highest BCUT2D eigenvalue weighted by molar-refractivity contribution is 6.31. The van der Waals surface area contributed by atoms with Crippen molar-refractivity contribution in [3.05, 3.63) is 59.6 Å². The smallest absolute Gasteiger partial charge is 0.347 e. The summed E-state index contributed by atoms with van der Waals surface area (Å²) in [5, 5.41) is 10.7. The van der Waals surface area contributed by atoms with E-state index in [-0.39, 0.29) is 0 Å². The van der Waals surface area contributed by atoms with E-state index in [9.17, 15) is 4.79 Å². The Hall–Kier alpha value is -2.79. The summed E-state index contributed by atoms with van der Waals surface area (Å²) < 4.78 is 11.2. The summed E-state index contributed by atoms with van der Waals surface area (Å²) in [6.07, 6.45) is 0. The third-order valence-electron chi connectivity index (χ3n) is 3.56. The van der Waals surface area contributed by atoms with Crippen molar-refractivity contribution in [3.63, 3.8) is 0 Å². The molecule has 0 aliphatic carbocycles. The maximum atomic E-state index is 11.1. The first-order chi connectivity index (χ1) is 11.8. The molecular weight excluding hydrogens is 342 g/mol. The van der Waals surface area contributed by atoms with E-state index in [2.05, 4.69) is 4.98 Å². The van der Waals surface area contributed by atoms with Crippen molar-refractivity contribution in [2.45, 2.75) is 19.4 Å². The van der Waals surface area contributed by atoms with Crippen molar-refractivity contribution >= 4 is 28.5 Å². The van der Waals surface area contributed by atoms with Crippen molar-refractivity contribution in [3.8, 4) is 17.4 Å². The predicted molar refractivity (Wildman–Crippen MR) is 95.6 cm³/mol. The molecule has 0 saturated carbocycles. The Morgan fingerprint density at radius 2 is 1.68 bits per heavy atom. The molecule has 0 saturated heterocycles. The fraction of sp³-hybridized carbons (Fsp3) is 0.158. The van der Waals surface area contributed by atoms with Gasteiger partial charge < -0.3 is 14.6 Å². The minimum absolute atomic E-state index is 0.439. The second kappa shape index (κ2) is 6.61. The van der Waals surface area contributed by atoms with Crippen LogP contribution in [-0.2, 0) is 4.79 Å². The molecule has 1 N–H and O–H groups in total. The van der Waals surface area contributed by atoms with E-state index in [0.717, 1.165) is 10.9 Å². The van der Waals surface area contributed by atoms with Gasteiger partial charge >= 0.3 is 5.97 Å². The molecule has 0 radical (unpaired) electrons. The van der Waals surface area contributed by atoms with Crippen molar-refractivity contribution < 1.29 is 19.4 Å². The summed E-state index contributed by atoms with van der Waals surface area (Å²) in [5.41, 5.74) is -0.560. The molecule has 0 bridgehead atoms. The van der Waals surface area contributed by atoms with E-state index in [1.807, 2.05) is 18.2 Å². The van der Waals surface area contributed by atoms with E-state index >= 15 is 0 Å². The number of rotatable bonds is 5. The Bertz CT molecular complexity index is 922. The highest BCUT2D eigenvalue weighted by Gasteiger charge is 2.29. The van der Waals surface area contributed by atoms with Crippen LogP contribution in [0.2, 0.25) is 5.02 Å². The molecule has 6 heteroatoms. The summed E-state index contributed by atoms with van der Waals surface area (Å²) in [6.45, 7) is 2.98. The number of benzene rings is 2. The Morgan fingerprint density at radius 1 is 1.04 bits per heavy atom. The normalized spacial score (nSPS) is 11.3. The van der Waals surface area contributed by atoms with Gasteiger partial charge in [-0.3, -0.25) is 0 Å². The maximum absolute atomic E-state index is 11.1. The van der Waals surface area contributed by atoms with Crippen LogP contribution in [0.3, 0.4) is 0 Å². The number of nitrogens with zero attached hydrogens (tertiary/aromatic N) is 1. The number of halogens is 1. The molecule has 1 heterocycles. The van der Waals surface area contributed by atoms with E-state index in [1.165, 1.54) is 13.8 Å². The lowest BCUT2D eigenvalue weighted by atomic mass is 10.1. The van der Waals surface area contributed by atoms with Gasteiger partial charge in [0.1, 0.15) is 11.5 Å². The van der Waals surface area contributed by atoms with Crippen LogP contribution in [0.15, 0.2) is 54.6 Å². The second-order valence-corrected chi connectivity index (χ2v) is 6.41. The van der Waals surface area contributed by atoms with E-state index in [1.54, 1.807) is 36.4 Å². The van der Waals surface area contributed by atoms with Crippen molar-refractivity contribution in [1.29, 1.82) is 0 Å². The van der Waals surface area contributed by atoms with Crippen molar-refractivity contribution in [2.75, 3.05) is 0 Å². The molecule has 128 valence electrons. The third kappa shape index (κ3) is 4.00. The lowest BCUT2D eigenvalue weighted by Gasteiger charge is -2.21. The van der Waals surface area contributed by atoms with Crippen LogP contribution >= 0.6 is 11.6 Å². The topological polar surface area (TPSA) is 68.7 Å². The average molecular weight is 358 g/mol. The Labute approximate surface area is 149 Å². The van der Waals surface area contributed by atoms with Gasteiger partial charge in [0.2, 0.25) is 5.88 Å². The number of ether oxygens (including phenoxy) is 2. The molecule has 3 rings (SSSR count). The molecule has 5 nitrogen and oxygen atoms in total. The summed E-state index contributed by atoms with van der Waals surface area (Å²) in [5.74, 6) is 0.411. The molecule has 0 fully saturated rings. The molecule has 0 unspecified atom stereocenters. The molecule has 2 aromatic carbocycles. The monoisotopic (exact) mass is 357 g/mol. The third-order valence-corrected chi connectivity index (χ3v) is 3.80. The number of aliphatic carboxylic acids is 1. The predicted octanol–water partition coefficient (Wildman–Crippen LogP) is 4.92. The zero-order chi connectivity index (χ0) is 18.0. The SMILES string of the molecule is CC(C)(Oc1ccc(Oc2ccc3ccc(Cl)cc3n2)cc1)C(=O)O. The van der Waals surface area contributed by atoms with E-state index < -0.39 is 11.6 Å². The number of carboxylic acids is 1. The minimum Gasteiger partial charge on any atom is -0.478 e. The first-order valence-corrected chi connectivity index (χ1v) is 7.98. The molecule has 0 amide bonds. The van der Waals surface area contributed by atoms with Crippen LogP contribution in [0.25, 0.3) is 10.9 Å².